The Bertz CT molecular complexity index is 1390. The zero-order valence-corrected chi connectivity index (χ0v) is 20.6. The number of benzene rings is 2. The molecule has 0 aliphatic carbocycles. The molecule has 0 atom stereocenters. The van der Waals surface area contributed by atoms with Gasteiger partial charge in [0.15, 0.2) is 15.0 Å². The molecule has 4 rings (SSSR count). The van der Waals surface area contributed by atoms with Crippen molar-refractivity contribution in [1.82, 2.24) is 9.97 Å². The number of pyridine rings is 1. The zero-order valence-electron chi connectivity index (χ0n) is 18.2. The minimum atomic E-state index is -3.63. The highest BCUT2D eigenvalue weighted by Crippen LogP contribution is 2.36. The minimum absolute atomic E-state index is 0.00808. The molecule has 0 N–H and O–H groups in total. The molecule has 6 nitrogen and oxygen atoms in total. The summed E-state index contributed by atoms with van der Waals surface area (Å²) in [5.41, 5.74) is 2.55. The molecule has 10 heteroatoms. The van der Waals surface area contributed by atoms with Crippen molar-refractivity contribution in [3.8, 4) is 0 Å². The molecule has 34 heavy (non-hydrogen) atoms. The summed E-state index contributed by atoms with van der Waals surface area (Å²) in [5, 5.41) is 1.06. The fraction of sp³-hybridized carbons (Fsp3) is 0.208. The fourth-order valence-corrected chi connectivity index (χ4v) is 6.09. The normalized spacial score (nSPS) is 11.6. The largest absolute Gasteiger partial charge is 0.284 e. The highest BCUT2D eigenvalue weighted by Gasteiger charge is 2.23. The average molecular weight is 518 g/mol. The molecule has 4 aromatic rings. The van der Waals surface area contributed by atoms with E-state index >= 15 is 0 Å². The van der Waals surface area contributed by atoms with Crippen LogP contribution in [0.4, 0.5) is 9.52 Å². The number of hydrogen-bond acceptors (Lipinski definition) is 6. The quantitative estimate of drug-likeness (QED) is 0.285. The first-order valence-electron chi connectivity index (χ1n) is 10.5. The van der Waals surface area contributed by atoms with Gasteiger partial charge in [-0.05, 0) is 66.9 Å². The molecule has 0 bridgehead atoms. The molecule has 0 fully saturated rings. The summed E-state index contributed by atoms with van der Waals surface area (Å²) < 4.78 is 39.1. The van der Waals surface area contributed by atoms with Gasteiger partial charge in [0.25, 0.3) is 0 Å². The fourth-order valence-electron chi connectivity index (χ4n) is 3.45. The van der Waals surface area contributed by atoms with E-state index < -0.39 is 15.7 Å². The van der Waals surface area contributed by atoms with E-state index in [2.05, 4.69) is 9.97 Å². The van der Waals surface area contributed by atoms with Gasteiger partial charge in [0, 0.05) is 18.8 Å². The van der Waals surface area contributed by atoms with Gasteiger partial charge < -0.3 is 0 Å². The smallest absolute Gasteiger partial charge is 0.229 e. The standard InChI is InChI=1S/C24H21ClFN3O3S2/c1-16-4-9-20(25)23-22(16)28-24(33-23)29(15-17-10-12-27-13-11-17)21(30)3-2-14-34(31,32)19-7-5-18(26)6-8-19/h4-13H,2-3,14-15H2,1H3. The molecule has 2 aromatic carbocycles. The van der Waals surface area contributed by atoms with Gasteiger partial charge in [-0.2, -0.15) is 0 Å². The number of sulfone groups is 1. The van der Waals surface area contributed by atoms with Crippen LogP contribution in [-0.2, 0) is 21.2 Å². The van der Waals surface area contributed by atoms with E-state index in [4.69, 9.17) is 11.6 Å². The summed E-state index contributed by atoms with van der Waals surface area (Å²) in [6.45, 7) is 2.19. The van der Waals surface area contributed by atoms with E-state index in [1.807, 2.05) is 25.1 Å². The molecule has 0 saturated heterocycles. The SMILES string of the molecule is Cc1ccc(Cl)c2sc(N(Cc3ccncc3)C(=O)CCCS(=O)(=O)c3ccc(F)cc3)nc12. The molecule has 0 spiro atoms. The lowest BCUT2D eigenvalue weighted by molar-refractivity contribution is -0.118. The molecule has 0 aliphatic rings. The average Bonchev–Trinajstić information content (AvgIpc) is 3.27. The molecule has 0 aliphatic heterocycles. The highest BCUT2D eigenvalue weighted by atomic mass is 35.5. The lowest BCUT2D eigenvalue weighted by atomic mass is 10.2. The Morgan fingerprint density at radius 3 is 2.47 bits per heavy atom. The van der Waals surface area contributed by atoms with Crippen LogP contribution in [0.3, 0.4) is 0 Å². The number of anilines is 1. The summed E-state index contributed by atoms with van der Waals surface area (Å²) in [7, 11) is -3.63. The molecule has 0 saturated carbocycles. The monoisotopic (exact) mass is 517 g/mol. The maximum Gasteiger partial charge on any atom is 0.229 e. The Morgan fingerprint density at radius 1 is 1.09 bits per heavy atom. The van der Waals surface area contributed by atoms with Gasteiger partial charge in [-0.25, -0.2) is 17.8 Å². The number of rotatable bonds is 8. The van der Waals surface area contributed by atoms with Gasteiger partial charge in [0.2, 0.25) is 5.91 Å². The molecule has 0 unspecified atom stereocenters. The van der Waals surface area contributed by atoms with E-state index in [1.165, 1.54) is 23.5 Å². The predicted octanol–water partition coefficient (Wildman–Crippen LogP) is 5.58. The summed E-state index contributed by atoms with van der Waals surface area (Å²) in [5.74, 6) is -0.982. The molecular formula is C24H21ClFN3O3S2. The van der Waals surface area contributed by atoms with Crippen molar-refractivity contribution in [2.45, 2.75) is 31.2 Å². The second-order valence-corrected chi connectivity index (χ2v) is 11.2. The van der Waals surface area contributed by atoms with Crippen molar-refractivity contribution in [2.24, 2.45) is 0 Å². The maximum atomic E-state index is 13.3. The lowest BCUT2D eigenvalue weighted by Gasteiger charge is -2.20. The van der Waals surface area contributed by atoms with Crippen LogP contribution in [0, 0.1) is 12.7 Å². The Labute approximate surface area is 206 Å². The Balaban J connectivity index is 1.55. The van der Waals surface area contributed by atoms with Crippen LogP contribution in [0.1, 0.15) is 24.0 Å². The third-order valence-corrected chi connectivity index (χ3v) is 8.64. The molecular weight excluding hydrogens is 497 g/mol. The summed E-state index contributed by atoms with van der Waals surface area (Å²) in [6, 6.07) is 12.0. The van der Waals surface area contributed by atoms with Crippen molar-refractivity contribution in [2.75, 3.05) is 10.7 Å². The first-order chi connectivity index (χ1) is 16.2. The van der Waals surface area contributed by atoms with Crippen molar-refractivity contribution in [3.63, 3.8) is 0 Å². The first-order valence-corrected chi connectivity index (χ1v) is 13.3. The third kappa shape index (κ3) is 5.43. The van der Waals surface area contributed by atoms with E-state index in [-0.39, 0.29) is 35.9 Å². The van der Waals surface area contributed by atoms with Gasteiger partial charge in [0.05, 0.1) is 32.4 Å². The van der Waals surface area contributed by atoms with Crippen LogP contribution in [0.15, 0.2) is 65.8 Å². The number of hydrogen-bond donors (Lipinski definition) is 0. The van der Waals surface area contributed by atoms with Gasteiger partial charge in [0.1, 0.15) is 5.82 Å². The molecule has 2 heterocycles. The zero-order chi connectivity index (χ0) is 24.3. The van der Waals surface area contributed by atoms with Crippen LogP contribution >= 0.6 is 22.9 Å². The number of fused-ring (bicyclic) bond motifs is 1. The van der Waals surface area contributed by atoms with Crippen molar-refractivity contribution in [1.29, 1.82) is 0 Å². The number of carbonyl (C=O) groups excluding carboxylic acids is 1. The third-order valence-electron chi connectivity index (χ3n) is 5.28. The van der Waals surface area contributed by atoms with Crippen molar-refractivity contribution < 1.29 is 17.6 Å². The second-order valence-electron chi connectivity index (χ2n) is 7.75. The van der Waals surface area contributed by atoms with Crippen molar-refractivity contribution in [3.05, 3.63) is 82.9 Å². The van der Waals surface area contributed by atoms with Gasteiger partial charge in [-0.1, -0.05) is 29.0 Å². The van der Waals surface area contributed by atoms with Crippen LogP contribution in [0.2, 0.25) is 5.02 Å². The van der Waals surface area contributed by atoms with Crippen LogP contribution in [0.5, 0.6) is 0 Å². The topological polar surface area (TPSA) is 80.2 Å². The van der Waals surface area contributed by atoms with Crippen LogP contribution in [-0.4, -0.2) is 30.0 Å². The number of amides is 1. The Morgan fingerprint density at radius 2 is 1.79 bits per heavy atom. The molecule has 1 amide bonds. The van der Waals surface area contributed by atoms with E-state index in [1.54, 1.807) is 23.4 Å². The number of carbonyl (C=O) groups is 1. The predicted molar refractivity (Wildman–Crippen MR) is 132 cm³/mol. The molecule has 176 valence electrons. The Hall–Kier alpha value is -2.88. The van der Waals surface area contributed by atoms with Crippen molar-refractivity contribution >= 4 is 54.0 Å². The minimum Gasteiger partial charge on any atom is -0.284 e. The lowest BCUT2D eigenvalue weighted by Crippen LogP contribution is -2.30. The van der Waals surface area contributed by atoms with Crippen LogP contribution < -0.4 is 4.90 Å². The number of thiazole rings is 1. The summed E-state index contributed by atoms with van der Waals surface area (Å²) in [4.78, 5) is 23.5. The van der Waals surface area contributed by atoms with Gasteiger partial charge in [-0.15, -0.1) is 0 Å². The highest BCUT2D eigenvalue weighted by molar-refractivity contribution is 7.91. The second kappa shape index (κ2) is 10.2. The maximum absolute atomic E-state index is 13.3. The van der Waals surface area contributed by atoms with E-state index in [0.29, 0.717) is 10.2 Å². The number of nitrogens with zero attached hydrogens (tertiary/aromatic N) is 3. The summed E-state index contributed by atoms with van der Waals surface area (Å²) in [6.07, 6.45) is 3.42. The number of halogens is 2. The molecule has 2 aromatic heterocycles. The van der Waals surface area contributed by atoms with Gasteiger partial charge >= 0.3 is 0 Å². The number of aryl methyl sites for hydroxylation is 1. The Kier molecular flexibility index (Phi) is 7.25. The summed E-state index contributed by atoms with van der Waals surface area (Å²) >= 11 is 7.68. The number of aromatic nitrogens is 2. The van der Waals surface area contributed by atoms with Gasteiger partial charge in [-0.3, -0.25) is 14.7 Å². The molecule has 0 radical (unpaired) electrons. The van der Waals surface area contributed by atoms with Crippen LogP contribution in [0.25, 0.3) is 10.2 Å². The van der Waals surface area contributed by atoms with E-state index in [9.17, 15) is 17.6 Å². The van der Waals surface area contributed by atoms with E-state index in [0.717, 1.165) is 33.5 Å². The first kappa shape index (κ1) is 24.3.